The highest BCUT2D eigenvalue weighted by atomic mass is 16.5. The highest BCUT2D eigenvalue weighted by Gasteiger charge is 2.06. The Kier molecular flexibility index (Phi) is 4.53. The fourth-order valence-corrected chi connectivity index (χ4v) is 0.840. The van der Waals surface area contributed by atoms with Gasteiger partial charge in [-0.15, -0.1) is 0 Å². The second kappa shape index (κ2) is 5.95. The van der Waals surface area contributed by atoms with Gasteiger partial charge in [0, 0.05) is 12.4 Å². The van der Waals surface area contributed by atoms with Crippen LogP contribution in [0, 0.1) is 5.92 Å². The average Bonchev–Trinajstić information content (AvgIpc) is 2.27. The largest absolute Gasteiger partial charge is 0.449 e. The Morgan fingerprint density at radius 1 is 1.60 bits per heavy atom. The van der Waals surface area contributed by atoms with Gasteiger partial charge < -0.3 is 4.74 Å². The monoisotopic (exact) mass is 209 g/mol. The van der Waals surface area contributed by atoms with E-state index in [1.54, 1.807) is 0 Å². The number of hydrogen-bond donors (Lipinski definition) is 1. The van der Waals surface area contributed by atoms with Crippen LogP contribution in [0.15, 0.2) is 18.6 Å². The molecule has 1 heterocycles. The summed E-state index contributed by atoms with van der Waals surface area (Å²) in [5.74, 6) is 0.768. The van der Waals surface area contributed by atoms with E-state index in [1.165, 1.54) is 18.6 Å². The Morgan fingerprint density at radius 3 is 3.00 bits per heavy atom. The van der Waals surface area contributed by atoms with E-state index in [4.69, 9.17) is 4.74 Å². The molecule has 1 rings (SSSR count). The first-order chi connectivity index (χ1) is 7.22. The number of anilines is 1. The number of rotatable bonds is 4. The van der Waals surface area contributed by atoms with Crippen LogP contribution in [0.3, 0.4) is 0 Å². The molecule has 1 aromatic rings. The van der Waals surface area contributed by atoms with Gasteiger partial charge in [0.1, 0.15) is 0 Å². The summed E-state index contributed by atoms with van der Waals surface area (Å²) < 4.78 is 4.98. The quantitative estimate of drug-likeness (QED) is 0.824. The molecule has 0 spiro atoms. The van der Waals surface area contributed by atoms with Gasteiger partial charge in [-0.3, -0.25) is 10.3 Å². The van der Waals surface area contributed by atoms with Crippen molar-refractivity contribution in [2.75, 3.05) is 11.9 Å². The number of amides is 1. The minimum atomic E-state index is -0.490. The summed E-state index contributed by atoms with van der Waals surface area (Å²) in [5, 5.41) is 2.49. The molecule has 0 fully saturated rings. The first-order valence-corrected chi connectivity index (χ1v) is 4.92. The number of hydrogen-bond acceptors (Lipinski definition) is 4. The number of nitrogens with one attached hydrogen (secondary N) is 1. The lowest BCUT2D eigenvalue weighted by Gasteiger charge is -2.09. The maximum atomic E-state index is 11.2. The molecule has 0 unspecified atom stereocenters. The van der Waals surface area contributed by atoms with Crippen LogP contribution >= 0.6 is 0 Å². The Morgan fingerprint density at radius 2 is 2.40 bits per heavy atom. The van der Waals surface area contributed by atoms with Crippen LogP contribution in [0.5, 0.6) is 0 Å². The molecule has 1 amide bonds. The van der Waals surface area contributed by atoms with Gasteiger partial charge >= 0.3 is 6.09 Å². The van der Waals surface area contributed by atoms with E-state index in [2.05, 4.69) is 22.2 Å². The zero-order chi connectivity index (χ0) is 11.1. The fourth-order valence-electron chi connectivity index (χ4n) is 0.840. The Bertz CT molecular complexity index is 303. The smallest absolute Gasteiger partial charge is 0.412 e. The lowest BCUT2D eigenvalue weighted by Crippen LogP contribution is -2.18. The van der Waals surface area contributed by atoms with Crippen LogP contribution in [0.2, 0.25) is 0 Å². The van der Waals surface area contributed by atoms with Gasteiger partial charge in [-0.1, -0.05) is 20.3 Å². The highest BCUT2D eigenvalue weighted by Crippen LogP contribution is 2.03. The summed E-state index contributed by atoms with van der Waals surface area (Å²) in [7, 11) is 0. The number of ether oxygens (including phenoxy) is 1. The lowest BCUT2D eigenvalue weighted by molar-refractivity contribution is 0.143. The van der Waals surface area contributed by atoms with Crippen molar-refractivity contribution in [1.82, 2.24) is 9.97 Å². The van der Waals surface area contributed by atoms with Crippen LogP contribution in [-0.4, -0.2) is 22.7 Å². The number of nitrogens with zero attached hydrogens (tertiary/aromatic N) is 2. The van der Waals surface area contributed by atoms with E-state index in [9.17, 15) is 4.79 Å². The van der Waals surface area contributed by atoms with Gasteiger partial charge in [-0.25, -0.2) is 9.78 Å². The van der Waals surface area contributed by atoms with Gasteiger partial charge in [-0.05, 0) is 5.92 Å². The Balaban J connectivity index is 2.31. The molecule has 1 aromatic heterocycles. The third-order valence-electron chi connectivity index (χ3n) is 1.99. The summed E-state index contributed by atoms with van der Waals surface area (Å²) in [6, 6.07) is 0. The molecular formula is C10H15N3O2. The van der Waals surface area contributed by atoms with Crippen molar-refractivity contribution in [3.8, 4) is 0 Å². The second-order valence-corrected chi connectivity index (χ2v) is 3.33. The first kappa shape index (κ1) is 11.4. The summed E-state index contributed by atoms with van der Waals surface area (Å²) in [4.78, 5) is 18.9. The number of aromatic nitrogens is 2. The third kappa shape index (κ3) is 4.39. The topological polar surface area (TPSA) is 64.1 Å². The maximum Gasteiger partial charge on any atom is 0.412 e. The minimum Gasteiger partial charge on any atom is -0.449 e. The molecule has 0 saturated heterocycles. The van der Waals surface area contributed by atoms with Crippen molar-refractivity contribution < 1.29 is 9.53 Å². The van der Waals surface area contributed by atoms with E-state index in [0.29, 0.717) is 18.3 Å². The van der Waals surface area contributed by atoms with Crippen molar-refractivity contribution in [3.05, 3.63) is 18.6 Å². The molecule has 0 radical (unpaired) electrons. The van der Waals surface area contributed by atoms with Crippen LogP contribution in [0.4, 0.5) is 10.6 Å². The molecule has 0 aromatic carbocycles. The van der Waals surface area contributed by atoms with Crippen LogP contribution < -0.4 is 5.32 Å². The molecule has 15 heavy (non-hydrogen) atoms. The van der Waals surface area contributed by atoms with Gasteiger partial charge in [0.15, 0.2) is 5.82 Å². The molecule has 0 aliphatic carbocycles. The lowest BCUT2D eigenvalue weighted by atomic mass is 10.1. The highest BCUT2D eigenvalue weighted by molar-refractivity contribution is 5.82. The standard InChI is InChI=1S/C10H15N3O2/c1-3-8(2)7-15-10(14)13-9-6-11-4-5-12-9/h4-6,8H,3,7H2,1-2H3,(H,12,13,14)/t8-/m1/s1. The molecular weight excluding hydrogens is 194 g/mol. The van der Waals surface area contributed by atoms with Gasteiger partial charge in [0.05, 0.1) is 12.8 Å². The van der Waals surface area contributed by atoms with Crippen LogP contribution in [0.1, 0.15) is 20.3 Å². The predicted molar refractivity (Wildman–Crippen MR) is 56.5 cm³/mol. The fraction of sp³-hybridized carbons (Fsp3) is 0.500. The van der Waals surface area contributed by atoms with Crippen molar-refractivity contribution in [2.45, 2.75) is 20.3 Å². The molecule has 82 valence electrons. The van der Waals surface area contributed by atoms with Gasteiger partial charge in [0.2, 0.25) is 0 Å². The van der Waals surface area contributed by atoms with Gasteiger partial charge in [0.25, 0.3) is 0 Å². The molecule has 0 aliphatic heterocycles. The molecule has 1 N–H and O–H groups in total. The van der Waals surface area contributed by atoms with E-state index in [-0.39, 0.29) is 0 Å². The first-order valence-electron chi connectivity index (χ1n) is 4.92. The third-order valence-corrected chi connectivity index (χ3v) is 1.99. The Hall–Kier alpha value is -1.65. The van der Waals surface area contributed by atoms with Crippen LogP contribution in [-0.2, 0) is 4.74 Å². The normalized spacial score (nSPS) is 11.9. The molecule has 0 bridgehead atoms. The van der Waals surface area contributed by atoms with E-state index in [1.807, 2.05) is 6.92 Å². The molecule has 5 heteroatoms. The van der Waals surface area contributed by atoms with E-state index in [0.717, 1.165) is 6.42 Å². The predicted octanol–water partition coefficient (Wildman–Crippen LogP) is 2.07. The summed E-state index contributed by atoms with van der Waals surface area (Å²) in [5.41, 5.74) is 0. The molecule has 0 aliphatic rings. The van der Waals surface area contributed by atoms with Gasteiger partial charge in [-0.2, -0.15) is 0 Å². The average molecular weight is 209 g/mol. The molecule has 5 nitrogen and oxygen atoms in total. The number of carbonyl (C=O) groups is 1. The minimum absolute atomic E-state index is 0.373. The second-order valence-electron chi connectivity index (χ2n) is 3.33. The number of carbonyl (C=O) groups excluding carboxylic acids is 1. The zero-order valence-electron chi connectivity index (χ0n) is 8.93. The summed E-state index contributed by atoms with van der Waals surface area (Å²) >= 11 is 0. The summed E-state index contributed by atoms with van der Waals surface area (Å²) in [6.07, 6.45) is 5.00. The maximum absolute atomic E-state index is 11.2. The Labute approximate surface area is 88.9 Å². The molecule has 1 atom stereocenters. The van der Waals surface area contributed by atoms with Crippen molar-refractivity contribution in [1.29, 1.82) is 0 Å². The zero-order valence-corrected chi connectivity index (χ0v) is 8.93. The SMILES string of the molecule is CC[C@@H](C)COC(=O)Nc1cnccn1. The molecule has 0 saturated carbocycles. The summed E-state index contributed by atoms with van der Waals surface area (Å²) in [6.45, 7) is 4.49. The van der Waals surface area contributed by atoms with E-state index < -0.39 is 6.09 Å². The van der Waals surface area contributed by atoms with Crippen molar-refractivity contribution in [3.63, 3.8) is 0 Å². The van der Waals surface area contributed by atoms with Crippen molar-refractivity contribution in [2.24, 2.45) is 5.92 Å². The van der Waals surface area contributed by atoms with Crippen molar-refractivity contribution >= 4 is 11.9 Å². The van der Waals surface area contributed by atoms with E-state index >= 15 is 0 Å². The van der Waals surface area contributed by atoms with Crippen LogP contribution in [0.25, 0.3) is 0 Å².